The van der Waals surface area contributed by atoms with Gasteiger partial charge in [0.1, 0.15) is 17.3 Å². The molecule has 27 heavy (non-hydrogen) atoms. The molecular weight excluding hydrogens is 365 g/mol. The number of anilines is 1. The van der Waals surface area contributed by atoms with Gasteiger partial charge in [-0.3, -0.25) is 9.20 Å². The summed E-state index contributed by atoms with van der Waals surface area (Å²) in [7, 11) is 0. The van der Waals surface area contributed by atoms with Crippen molar-refractivity contribution in [1.82, 2.24) is 9.38 Å². The summed E-state index contributed by atoms with van der Waals surface area (Å²) in [6.07, 6.45) is 1.78. The van der Waals surface area contributed by atoms with E-state index < -0.39 is 0 Å². The quantitative estimate of drug-likeness (QED) is 0.537. The number of hydrogen-bond acceptors (Lipinski definition) is 4. The molecule has 0 atom stereocenters. The van der Waals surface area contributed by atoms with Crippen LogP contribution in [0.15, 0.2) is 60.1 Å². The first-order valence-electron chi connectivity index (χ1n) is 8.41. The summed E-state index contributed by atoms with van der Waals surface area (Å²) in [6, 6.07) is 13.3. The monoisotopic (exact) mass is 381 g/mol. The van der Waals surface area contributed by atoms with E-state index in [0.717, 1.165) is 11.3 Å². The second-order valence-electron chi connectivity index (χ2n) is 5.82. The van der Waals surface area contributed by atoms with Crippen LogP contribution in [0.4, 0.5) is 10.1 Å². The number of halogens is 1. The molecule has 0 saturated heterocycles. The van der Waals surface area contributed by atoms with E-state index in [4.69, 9.17) is 4.74 Å². The van der Waals surface area contributed by atoms with Gasteiger partial charge in [0.2, 0.25) is 0 Å². The van der Waals surface area contributed by atoms with Crippen LogP contribution in [0.3, 0.4) is 0 Å². The molecule has 4 aromatic rings. The number of nitrogens with zero attached hydrogens (tertiary/aromatic N) is 2. The lowest BCUT2D eigenvalue weighted by atomic mass is 10.2. The van der Waals surface area contributed by atoms with Crippen LogP contribution < -0.4 is 10.1 Å². The Balaban J connectivity index is 1.57. The van der Waals surface area contributed by atoms with E-state index in [0.29, 0.717) is 28.6 Å². The van der Waals surface area contributed by atoms with Crippen molar-refractivity contribution in [3.05, 3.63) is 71.6 Å². The molecule has 0 saturated carbocycles. The molecule has 2 heterocycles. The lowest BCUT2D eigenvalue weighted by Crippen LogP contribution is -2.13. The van der Waals surface area contributed by atoms with E-state index in [-0.39, 0.29) is 11.7 Å². The normalized spacial score (nSPS) is 10.9. The first kappa shape index (κ1) is 17.2. The molecule has 0 aliphatic rings. The van der Waals surface area contributed by atoms with Crippen LogP contribution in [0.1, 0.15) is 17.4 Å². The average molecular weight is 381 g/mol. The van der Waals surface area contributed by atoms with Gasteiger partial charge in [-0.15, -0.1) is 11.3 Å². The van der Waals surface area contributed by atoms with Gasteiger partial charge < -0.3 is 10.1 Å². The average Bonchev–Trinajstić information content (AvgIpc) is 3.25. The second kappa shape index (κ2) is 7.20. The molecule has 0 spiro atoms. The number of benzene rings is 2. The Kier molecular flexibility index (Phi) is 4.60. The predicted molar refractivity (Wildman–Crippen MR) is 104 cm³/mol. The Morgan fingerprint density at radius 3 is 2.63 bits per heavy atom. The predicted octanol–water partition coefficient (Wildman–Crippen LogP) is 4.85. The summed E-state index contributed by atoms with van der Waals surface area (Å²) in [6.45, 7) is 2.51. The van der Waals surface area contributed by atoms with Crippen LogP contribution in [0, 0.1) is 5.82 Å². The molecule has 0 fully saturated rings. The molecule has 136 valence electrons. The number of fused-ring (bicyclic) bond motifs is 1. The van der Waals surface area contributed by atoms with Crippen molar-refractivity contribution in [3.63, 3.8) is 0 Å². The Morgan fingerprint density at radius 2 is 1.93 bits per heavy atom. The molecule has 5 nitrogen and oxygen atoms in total. The number of thiazole rings is 1. The Labute approximate surface area is 159 Å². The fraction of sp³-hybridized carbons (Fsp3) is 0.100. The SMILES string of the molecule is CCOc1ccc(NC(=O)c2csc3nc(-c4ccc(F)cc4)cn23)cc1. The molecule has 0 aliphatic carbocycles. The number of nitrogens with one attached hydrogen (secondary N) is 1. The molecule has 1 N–H and O–H groups in total. The van der Waals surface area contributed by atoms with E-state index in [2.05, 4.69) is 10.3 Å². The van der Waals surface area contributed by atoms with Crippen molar-refractivity contribution in [1.29, 1.82) is 0 Å². The molecule has 0 unspecified atom stereocenters. The van der Waals surface area contributed by atoms with Crippen LogP contribution >= 0.6 is 11.3 Å². The topological polar surface area (TPSA) is 55.6 Å². The third kappa shape index (κ3) is 3.54. The summed E-state index contributed by atoms with van der Waals surface area (Å²) in [5, 5.41) is 4.64. The van der Waals surface area contributed by atoms with Crippen molar-refractivity contribution in [2.24, 2.45) is 0 Å². The highest BCUT2D eigenvalue weighted by Gasteiger charge is 2.15. The first-order valence-corrected chi connectivity index (χ1v) is 9.29. The first-order chi connectivity index (χ1) is 13.1. The number of ether oxygens (including phenoxy) is 1. The smallest absolute Gasteiger partial charge is 0.273 e. The lowest BCUT2D eigenvalue weighted by molar-refractivity contribution is 0.102. The minimum absolute atomic E-state index is 0.228. The third-order valence-corrected chi connectivity index (χ3v) is 4.84. The maximum Gasteiger partial charge on any atom is 0.273 e. The third-order valence-electron chi connectivity index (χ3n) is 4.00. The van der Waals surface area contributed by atoms with Crippen LogP contribution in [-0.2, 0) is 0 Å². The minimum atomic E-state index is -0.296. The number of amides is 1. The van der Waals surface area contributed by atoms with Gasteiger partial charge in [0.25, 0.3) is 5.91 Å². The summed E-state index contributed by atoms with van der Waals surface area (Å²) in [4.78, 5) is 17.9. The standard InChI is InChI=1S/C20H16FN3O2S/c1-2-26-16-9-7-15(8-10-16)22-19(25)18-12-27-20-23-17(11-24(18)20)13-3-5-14(21)6-4-13/h3-12H,2H2,1H3,(H,22,25). The Hall–Kier alpha value is -3.19. The molecule has 7 heteroatoms. The number of carbonyl (C=O) groups is 1. The van der Waals surface area contributed by atoms with E-state index in [1.807, 2.05) is 19.1 Å². The molecule has 4 rings (SSSR count). The zero-order valence-corrected chi connectivity index (χ0v) is 15.3. The van der Waals surface area contributed by atoms with Crippen molar-refractivity contribution >= 4 is 27.9 Å². The highest BCUT2D eigenvalue weighted by molar-refractivity contribution is 7.15. The van der Waals surface area contributed by atoms with E-state index in [9.17, 15) is 9.18 Å². The number of aromatic nitrogens is 2. The molecule has 2 aromatic carbocycles. The molecule has 0 aliphatic heterocycles. The Bertz CT molecular complexity index is 1080. The maximum atomic E-state index is 13.1. The largest absolute Gasteiger partial charge is 0.494 e. The lowest BCUT2D eigenvalue weighted by Gasteiger charge is -2.06. The summed E-state index contributed by atoms with van der Waals surface area (Å²) in [5.74, 6) is 0.232. The summed E-state index contributed by atoms with van der Waals surface area (Å²) < 4.78 is 20.3. The van der Waals surface area contributed by atoms with Crippen LogP contribution in [0.25, 0.3) is 16.2 Å². The molecule has 2 aromatic heterocycles. The van der Waals surface area contributed by atoms with Crippen LogP contribution in [0.2, 0.25) is 0 Å². The van der Waals surface area contributed by atoms with Crippen molar-refractivity contribution in [3.8, 4) is 17.0 Å². The molecular formula is C20H16FN3O2S. The van der Waals surface area contributed by atoms with Gasteiger partial charge in [0.15, 0.2) is 4.96 Å². The molecule has 1 amide bonds. The van der Waals surface area contributed by atoms with Gasteiger partial charge >= 0.3 is 0 Å². The van der Waals surface area contributed by atoms with E-state index in [1.54, 1.807) is 40.2 Å². The van der Waals surface area contributed by atoms with Crippen molar-refractivity contribution in [2.45, 2.75) is 6.92 Å². The fourth-order valence-electron chi connectivity index (χ4n) is 2.70. The number of rotatable bonds is 5. The van der Waals surface area contributed by atoms with Gasteiger partial charge in [-0.1, -0.05) is 0 Å². The second-order valence-corrected chi connectivity index (χ2v) is 6.65. The summed E-state index contributed by atoms with van der Waals surface area (Å²) in [5.41, 5.74) is 2.66. The molecule has 0 radical (unpaired) electrons. The van der Waals surface area contributed by atoms with Gasteiger partial charge in [-0.05, 0) is 55.5 Å². The van der Waals surface area contributed by atoms with Crippen molar-refractivity contribution < 1.29 is 13.9 Å². The van der Waals surface area contributed by atoms with Crippen molar-refractivity contribution in [2.75, 3.05) is 11.9 Å². The fourth-order valence-corrected chi connectivity index (χ4v) is 3.56. The zero-order valence-electron chi connectivity index (χ0n) is 14.5. The number of imidazole rings is 1. The zero-order chi connectivity index (χ0) is 18.8. The van der Waals surface area contributed by atoms with Crippen LogP contribution in [0.5, 0.6) is 5.75 Å². The summed E-state index contributed by atoms with van der Waals surface area (Å²) >= 11 is 1.38. The minimum Gasteiger partial charge on any atom is -0.494 e. The van der Waals surface area contributed by atoms with E-state index >= 15 is 0 Å². The maximum absolute atomic E-state index is 13.1. The van der Waals surface area contributed by atoms with Crippen LogP contribution in [-0.4, -0.2) is 21.9 Å². The number of hydrogen-bond donors (Lipinski definition) is 1. The van der Waals surface area contributed by atoms with Gasteiger partial charge in [-0.25, -0.2) is 9.37 Å². The number of carbonyl (C=O) groups excluding carboxylic acids is 1. The molecule has 0 bridgehead atoms. The van der Waals surface area contributed by atoms with E-state index in [1.165, 1.54) is 23.5 Å². The highest BCUT2D eigenvalue weighted by Crippen LogP contribution is 2.25. The van der Waals surface area contributed by atoms with Gasteiger partial charge in [0, 0.05) is 22.8 Å². The highest BCUT2D eigenvalue weighted by atomic mass is 32.1. The Morgan fingerprint density at radius 1 is 1.19 bits per heavy atom. The van der Waals surface area contributed by atoms with Gasteiger partial charge in [-0.2, -0.15) is 0 Å². The van der Waals surface area contributed by atoms with Gasteiger partial charge in [0.05, 0.1) is 12.3 Å².